The second-order valence-electron chi connectivity index (χ2n) is 5.10. The summed E-state index contributed by atoms with van der Waals surface area (Å²) in [5.74, 6) is -8.25. The van der Waals surface area contributed by atoms with Crippen LogP contribution in [0.4, 0.5) is 0 Å². The predicted molar refractivity (Wildman–Crippen MR) is 81.1 cm³/mol. The van der Waals surface area contributed by atoms with Gasteiger partial charge in [-0.1, -0.05) is 0 Å². The first-order chi connectivity index (χ1) is 12.0. The first-order valence-electron chi connectivity index (χ1n) is 7.14. The van der Waals surface area contributed by atoms with Crippen LogP contribution in [0, 0.1) is 0 Å². The van der Waals surface area contributed by atoms with Gasteiger partial charge in [-0.25, -0.2) is 4.79 Å². The van der Waals surface area contributed by atoms with Crippen LogP contribution in [0.15, 0.2) is 0 Å². The van der Waals surface area contributed by atoms with E-state index >= 15 is 0 Å². The summed E-state index contributed by atoms with van der Waals surface area (Å²) in [6, 6.07) is -4.85. The largest absolute Gasteiger partial charge is 0.481 e. The molecule has 0 unspecified atom stereocenters. The number of hydrogen-bond acceptors (Lipinski definition) is 7. The van der Waals surface area contributed by atoms with Crippen molar-refractivity contribution in [1.82, 2.24) is 16.0 Å². The van der Waals surface area contributed by atoms with E-state index in [4.69, 9.17) is 20.4 Å². The molecule has 3 atom stereocenters. The number of rotatable bonds is 12. The monoisotopic (exact) mass is 377 g/mol. The van der Waals surface area contributed by atoms with Crippen LogP contribution in [0.25, 0.3) is 0 Å². The van der Waals surface area contributed by atoms with Gasteiger partial charge in [-0.3, -0.25) is 24.0 Å². The molecule has 0 fully saturated rings. The van der Waals surface area contributed by atoms with E-state index in [2.05, 4.69) is 5.32 Å². The molecule has 13 nitrogen and oxygen atoms in total. The molecule has 7 N–H and O–H groups in total. The molecule has 0 aliphatic carbocycles. The lowest BCUT2D eigenvalue weighted by atomic mass is 10.1. The minimum atomic E-state index is -1.84. The van der Waals surface area contributed by atoms with Gasteiger partial charge in [-0.15, -0.1) is 0 Å². The number of hydrogen-bond donors (Lipinski definition) is 7. The fourth-order valence-electron chi connectivity index (χ4n) is 1.80. The standard InChI is InChI=1S/C13H19N3O10/c1-14-5(2-8(17)18)11(23)15-6(3-9(19)20)12(24)16-7(13(25)26)4-10(21)22/h5-7,14H,2-4H2,1H3,(H,15,23)(H,16,24)(H,17,18)(H,19,20)(H,21,22)(H,25,26)/t5-,6-,7-/m0/s1. The van der Waals surface area contributed by atoms with Gasteiger partial charge in [0.25, 0.3) is 0 Å². The normalized spacial score (nSPS) is 13.7. The Kier molecular flexibility index (Phi) is 9.29. The van der Waals surface area contributed by atoms with Crippen LogP contribution in [-0.2, 0) is 28.8 Å². The highest BCUT2D eigenvalue weighted by Gasteiger charge is 2.31. The number of amides is 2. The van der Waals surface area contributed by atoms with Crippen molar-refractivity contribution in [3.63, 3.8) is 0 Å². The number of likely N-dealkylation sites (N-methyl/N-ethyl adjacent to an activating group) is 1. The summed E-state index contributed by atoms with van der Waals surface area (Å²) in [6.07, 6.45) is -2.55. The number of aliphatic carboxylic acids is 4. The van der Waals surface area contributed by atoms with Crippen LogP contribution in [0.2, 0.25) is 0 Å². The summed E-state index contributed by atoms with van der Waals surface area (Å²) in [5.41, 5.74) is 0. The lowest BCUT2D eigenvalue weighted by Gasteiger charge is -2.22. The molecule has 0 aliphatic rings. The van der Waals surface area contributed by atoms with E-state index in [1.165, 1.54) is 7.05 Å². The molecule has 0 heterocycles. The van der Waals surface area contributed by atoms with Gasteiger partial charge in [-0.05, 0) is 7.05 Å². The van der Waals surface area contributed by atoms with Gasteiger partial charge in [0.05, 0.1) is 25.3 Å². The quantitative estimate of drug-likeness (QED) is 0.182. The third-order valence-electron chi connectivity index (χ3n) is 3.05. The zero-order valence-electron chi connectivity index (χ0n) is 13.6. The van der Waals surface area contributed by atoms with Crippen molar-refractivity contribution in [1.29, 1.82) is 0 Å². The number of carboxylic acid groups (broad SMARTS) is 4. The SMILES string of the molecule is CN[C@@H](CC(=O)O)C(=O)N[C@@H](CC(=O)O)C(=O)N[C@@H](CC(=O)O)C(=O)O. The molecule has 0 aromatic heterocycles. The van der Waals surface area contributed by atoms with Crippen LogP contribution in [-0.4, -0.2) is 81.3 Å². The van der Waals surface area contributed by atoms with Gasteiger partial charge in [0.1, 0.15) is 12.1 Å². The van der Waals surface area contributed by atoms with Gasteiger partial charge < -0.3 is 36.4 Å². The molecular weight excluding hydrogens is 358 g/mol. The average Bonchev–Trinajstić information content (AvgIpc) is 2.49. The Morgan fingerprint density at radius 2 is 1.00 bits per heavy atom. The van der Waals surface area contributed by atoms with Crippen molar-refractivity contribution >= 4 is 35.7 Å². The Balaban J connectivity index is 5.22. The molecule has 0 radical (unpaired) electrons. The Morgan fingerprint density at radius 1 is 0.654 bits per heavy atom. The lowest BCUT2D eigenvalue weighted by molar-refractivity contribution is -0.148. The molecule has 2 amide bonds. The van der Waals surface area contributed by atoms with Crippen molar-refractivity contribution < 1.29 is 49.2 Å². The molecule has 0 rings (SSSR count). The van der Waals surface area contributed by atoms with Crippen LogP contribution in [0.5, 0.6) is 0 Å². The van der Waals surface area contributed by atoms with Crippen molar-refractivity contribution in [2.45, 2.75) is 37.4 Å². The molecule has 0 aliphatic heterocycles. The molecule has 26 heavy (non-hydrogen) atoms. The third-order valence-corrected chi connectivity index (χ3v) is 3.05. The van der Waals surface area contributed by atoms with E-state index in [0.717, 1.165) is 0 Å². The fourth-order valence-corrected chi connectivity index (χ4v) is 1.80. The van der Waals surface area contributed by atoms with Crippen molar-refractivity contribution in [2.24, 2.45) is 0 Å². The average molecular weight is 377 g/mol. The molecule has 0 spiro atoms. The highest BCUT2D eigenvalue weighted by Crippen LogP contribution is 2.01. The zero-order valence-corrected chi connectivity index (χ0v) is 13.6. The van der Waals surface area contributed by atoms with Crippen LogP contribution in [0.1, 0.15) is 19.3 Å². The Bertz CT molecular complexity index is 591. The van der Waals surface area contributed by atoms with Crippen molar-refractivity contribution in [3.05, 3.63) is 0 Å². The van der Waals surface area contributed by atoms with Crippen molar-refractivity contribution in [3.8, 4) is 0 Å². The summed E-state index contributed by atoms with van der Waals surface area (Å²) in [7, 11) is 1.27. The summed E-state index contributed by atoms with van der Waals surface area (Å²) < 4.78 is 0. The minimum absolute atomic E-state index is 0.652. The zero-order chi connectivity index (χ0) is 20.4. The van der Waals surface area contributed by atoms with E-state index < -0.39 is 73.1 Å². The second kappa shape index (κ2) is 10.6. The fraction of sp³-hybridized carbons (Fsp3) is 0.538. The first kappa shape index (κ1) is 22.8. The topological polar surface area (TPSA) is 219 Å². The molecule has 146 valence electrons. The van der Waals surface area contributed by atoms with E-state index in [1.807, 2.05) is 10.6 Å². The Hall–Kier alpha value is -3.22. The summed E-state index contributed by atoms with van der Waals surface area (Å²) in [6.45, 7) is 0. The van der Waals surface area contributed by atoms with Crippen LogP contribution >= 0.6 is 0 Å². The highest BCUT2D eigenvalue weighted by molar-refractivity contribution is 5.95. The third kappa shape index (κ3) is 8.58. The molecule has 0 bridgehead atoms. The molecule has 0 saturated heterocycles. The van der Waals surface area contributed by atoms with Gasteiger partial charge in [0.15, 0.2) is 0 Å². The molecule has 0 aromatic rings. The minimum Gasteiger partial charge on any atom is -0.481 e. The van der Waals surface area contributed by atoms with Gasteiger partial charge in [-0.2, -0.15) is 0 Å². The van der Waals surface area contributed by atoms with E-state index in [9.17, 15) is 28.8 Å². The van der Waals surface area contributed by atoms with E-state index in [-0.39, 0.29) is 0 Å². The van der Waals surface area contributed by atoms with Gasteiger partial charge in [0, 0.05) is 0 Å². The Morgan fingerprint density at radius 3 is 1.38 bits per heavy atom. The van der Waals surface area contributed by atoms with E-state index in [1.54, 1.807) is 0 Å². The number of nitrogens with one attached hydrogen (secondary N) is 3. The lowest BCUT2D eigenvalue weighted by Crippen LogP contribution is -2.55. The second-order valence-corrected chi connectivity index (χ2v) is 5.10. The maximum Gasteiger partial charge on any atom is 0.326 e. The maximum atomic E-state index is 12.1. The molecule has 13 heteroatoms. The highest BCUT2D eigenvalue weighted by atomic mass is 16.4. The smallest absolute Gasteiger partial charge is 0.326 e. The predicted octanol–water partition coefficient (Wildman–Crippen LogP) is -2.95. The Labute approximate surface area is 146 Å². The van der Waals surface area contributed by atoms with Crippen LogP contribution < -0.4 is 16.0 Å². The summed E-state index contributed by atoms with van der Waals surface area (Å²) >= 11 is 0. The maximum absolute atomic E-state index is 12.1. The van der Waals surface area contributed by atoms with E-state index in [0.29, 0.717) is 0 Å². The van der Waals surface area contributed by atoms with Gasteiger partial charge in [0.2, 0.25) is 11.8 Å². The molecule has 0 aromatic carbocycles. The van der Waals surface area contributed by atoms with Gasteiger partial charge >= 0.3 is 23.9 Å². The number of carbonyl (C=O) groups excluding carboxylic acids is 2. The molecular formula is C13H19N3O10. The van der Waals surface area contributed by atoms with Crippen LogP contribution in [0.3, 0.4) is 0 Å². The number of carboxylic acids is 4. The summed E-state index contributed by atoms with van der Waals surface area (Å²) in [4.78, 5) is 67.1. The summed E-state index contributed by atoms with van der Waals surface area (Å²) in [5, 5.41) is 41.2. The first-order valence-corrected chi connectivity index (χ1v) is 7.14. The number of carbonyl (C=O) groups is 6. The van der Waals surface area contributed by atoms with Crippen molar-refractivity contribution in [2.75, 3.05) is 7.05 Å². The molecule has 0 saturated carbocycles.